The molecule has 0 radical (unpaired) electrons. The maximum Gasteiger partial charge on any atom is 0.226 e. The minimum atomic E-state index is 0.236. The lowest BCUT2D eigenvalue weighted by Gasteiger charge is -2.25. The Labute approximate surface area is 148 Å². The Morgan fingerprint density at radius 1 is 1.42 bits per heavy atom. The van der Waals surface area contributed by atoms with E-state index in [2.05, 4.69) is 29.5 Å². The van der Waals surface area contributed by atoms with Gasteiger partial charge in [0.05, 0.1) is 6.54 Å². The summed E-state index contributed by atoms with van der Waals surface area (Å²) in [5, 5.41) is 0.736. The molecule has 1 heterocycles. The topological polar surface area (TPSA) is 38.1 Å². The van der Waals surface area contributed by atoms with Crippen molar-refractivity contribution < 1.29 is 4.79 Å². The van der Waals surface area contributed by atoms with Gasteiger partial charge in [-0.1, -0.05) is 37.6 Å². The summed E-state index contributed by atoms with van der Waals surface area (Å²) < 4.78 is 2.10. The van der Waals surface area contributed by atoms with Crippen molar-refractivity contribution in [2.75, 3.05) is 6.54 Å². The van der Waals surface area contributed by atoms with Gasteiger partial charge in [0, 0.05) is 36.4 Å². The number of amides is 1. The van der Waals surface area contributed by atoms with Crippen LogP contribution in [0, 0.1) is 11.8 Å². The van der Waals surface area contributed by atoms with Crippen molar-refractivity contribution in [2.45, 2.75) is 39.8 Å². The van der Waals surface area contributed by atoms with Gasteiger partial charge in [-0.25, -0.2) is 4.98 Å². The quantitative estimate of drug-likeness (QED) is 0.761. The molecule has 2 aromatic rings. The van der Waals surface area contributed by atoms with Gasteiger partial charge >= 0.3 is 0 Å². The number of aromatic nitrogens is 2. The molecule has 128 valence electrons. The van der Waals surface area contributed by atoms with Crippen molar-refractivity contribution in [3.63, 3.8) is 0 Å². The van der Waals surface area contributed by atoms with Crippen molar-refractivity contribution in [1.82, 2.24) is 14.5 Å². The van der Waals surface area contributed by atoms with Crippen molar-refractivity contribution in [1.29, 1.82) is 0 Å². The molecule has 1 aliphatic rings. The summed E-state index contributed by atoms with van der Waals surface area (Å²) in [6.45, 7) is 6.35. The standard InChI is InChI=1S/C19H24ClN3O/c1-14(2)11-23(19(24)16-6-7-16)13-18-21-8-9-22(18)12-15-4-3-5-17(20)10-15/h3-5,8-10,14,16H,6-7,11-13H2,1-2H3. The van der Waals surface area contributed by atoms with E-state index in [1.54, 1.807) is 6.20 Å². The highest BCUT2D eigenvalue weighted by atomic mass is 35.5. The van der Waals surface area contributed by atoms with E-state index < -0.39 is 0 Å². The lowest BCUT2D eigenvalue weighted by Crippen LogP contribution is -2.35. The van der Waals surface area contributed by atoms with E-state index in [0.717, 1.165) is 35.8 Å². The average molecular weight is 346 g/mol. The molecule has 0 aliphatic heterocycles. The van der Waals surface area contributed by atoms with Crippen LogP contribution in [0.15, 0.2) is 36.7 Å². The average Bonchev–Trinajstić information content (AvgIpc) is 3.29. The van der Waals surface area contributed by atoms with E-state index in [-0.39, 0.29) is 11.8 Å². The van der Waals surface area contributed by atoms with Gasteiger partial charge in [0.25, 0.3) is 0 Å². The van der Waals surface area contributed by atoms with Crippen LogP contribution >= 0.6 is 11.6 Å². The molecule has 24 heavy (non-hydrogen) atoms. The highest BCUT2D eigenvalue weighted by Gasteiger charge is 2.34. The Kier molecular flexibility index (Phi) is 5.24. The molecule has 0 N–H and O–H groups in total. The van der Waals surface area contributed by atoms with Crippen LogP contribution in [0.4, 0.5) is 0 Å². The van der Waals surface area contributed by atoms with E-state index in [0.29, 0.717) is 19.0 Å². The second-order valence-electron chi connectivity index (χ2n) is 6.99. The predicted molar refractivity (Wildman–Crippen MR) is 95.8 cm³/mol. The van der Waals surface area contributed by atoms with Gasteiger partial charge in [0.15, 0.2) is 0 Å². The number of imidazole rings is 1. The van der Waals surface area contributed by atoms with Crippen molar-refractivity contribution >= 4 is 17.5 Å². The third kappa shape index (κ3) is 4.38. The second kappa shape index (κ2) is 7.39. The fraction of sp³-hybridized carbons (Fsp3) is 0.474. The number of carbonyl (C=O) groups is 1. The zero-order chi connectivity index (χ0) is 17.1. The van der Waals surface area contributed by atoms with Crippen molar-refractivity contribution in [3.05, 3.63) is 53.1 Å². The first-order valence-electron chi connectivity index (χ1n) is 8.56. The van der Waals surface area contributed by atoms with E-state index in [9.17, 15) is 4.79 Å². The van der Waals surface area contributed by atoms with Gasteiger partial charge in [0.1, 0.15) is 5.82 Å². The van der Waals surface area contributed by atoms with Crippen LogP contribution in [-0.4, -0.2) is 26.9 Å². The van der Waals surface area contributed by atoms with E-state index in [4.69, 9.17) is 11.6 Å². The van der Waals surface area contributed by atoms with Gasteiger partial charge in [-0.15, -0.1) is 0 Å². The molecule has 3 rings (SSSR count). The monoisotopic (exact) mass is 345 g/mol. The number of benzene rings is 1. The zero-order valence-corrected chi connectivity index (χ0v) is 15.0. The van der Waals surface area contributed by atoms with Crippen LogP contribution in [-0.2, 0) is 17.9 Å². The van der Waals surface area contributed by atoms with E-state index in [1.165, 1.54) is 0 Å². The SMILES string of the molecule is CC(C)CN(Cc1nccn1Cc1cccc(Cl)c1)C(=O)C1CC1. The normalized spacial score (nSPS) is 14.2. The summed E-state index contributed by atoms with van der Waals surface area (Å²) in [4.78, 5) is 19.0. The summed E-state index contributed by atoms with van der Waals surface area (Å²) >= 11 is 6.07. The smallest absolute Gasteiger partial charge is 0.226 e. The largest absolute Gasteiger partial charge is 0.335 e. The molecule has 1 fully saturated rings. The molecule has 0 spiro atoms. The third-order valence-corrected chi connectivity index (χ3v) is 4.43. The second-order valence-corrected chi connectivity index (χ2v) is 7.42. The molecule has 1 amide bonds. The van der Waals surface area contributed by atoms with Crippen molar-refractivity contribution in [2.24, 2.45) is 11.8 Å². The lowest BCUT2D eigenvalue weighted by molar-refractivity contribution is -0.133. The number of halogens is 1. The summed E-state index contributed by atoms with van der Waals surface area (Å²) in [5.74, 6) is 1.88. The van der Waals surface area contributed by atoms with Crippen LogP contribution in [0.5, 0.6) is 0 Å². The fourth-order valence-electron chi connectivity index (χ4n) is 2.90. The molecular formula is C19H24ClN3O. The number of carbonyl (C=O) groups excluding carboxylic acids is 1. The molecule has 4 nitrogen and oxygen atoms in total. The van der Waals surface area contributed by atoms with Crippen LogP contribution in [0.2, 0.25) is 5.02 Å². The highest BCUT2D eigenvalue weighted by molar-refractivity contribution is 6.30. The summed E-state index contributed by atoms with van der Waals surface area (Å²) in [7, 11) is 0. The van der Waals surface area contributed by atoms with E-state index in [1.807, 2.05) is 29.3 Å². The van der Waals surface area contributed by atoms with Crippen molar-refractivity contribution in [3.8, 4) is 0 Å². The highest BCUT2D eigenvalue weighted by Crippen LogP contribution is 2.31. The Bertz CT molecular complexity index is 706. The molecule has 0 bridgehead atoms. The van der Waals surface area contributed by atoms with Crippen LogP contribution in [0.25, 0.3) is 0 Å². The first-order valence-corrected chi connectivity index (χ1v) is 8.94. The van der Waals surface area contributed by atoms with E-state index >= 15 is 0 Å². The minimum absolute atomic E-state index is 0.236. The Balaban J connectivity index is 1.74. The first-order chi connectivity index (χ1) is 11.5. The molecule has 5 heteroatoms. The van der Waals surface area contributed by atoms with Gasteiger partial charge < -0.3 is 9.47 Å². The molecule has 1 aromatic carbocycles. The molecule has 0 saturated heterocycles. The van der Waals surface area contributed by atoms with Gasteiger partial charge in [-0.2, -0.15) is 0 Å². The van der Waals surface area contributed by atoms with Crippen LogP contribution in [0.3, 0.4) is 0 Å². The molecule has 1 aliphatic carbocycles. The lowest BCUT2D eigenvalue weighted by atomic mass is 10.2. The summed E-state index contributed by atoms with van der Waals surface area (Å²) in [5.41, 5.74) is 1.13. The van der Waals surface area contributed by atoms with Gasteiger partial charge in [0.2, 0.25) is 5.91 Å². The molecule has 0 unspecified atom stereocenters. The molecule has 0 atom stereocenters. The van der Waals surface area contributed by atoms with Gasteiger partial charge in [-0.05, 0) is 36.5 Å². The minimum Gasteiger partial charge on any atom is -0.335 e. The summed E-state index contributed by atoms with van der Waals surface area (Å²) in [6.07, 6.45) is 5.83. The Hall–Kier alpha value is -1.81. The number of rotatable bonds is 7. The van der Waals surface area contributed by atoms with Gasteiger partial charge in [-0.3, -0.25) is 4.79 Å². The van der Waals surface area contributed by atoms with Crippen LogP contribution in [0.1, 0.15) is 38.1 Å². The molecular weight excluding hydrogens is 322 g/mol. The number of hydrogen-bond acceptors (Lipinski definition) is 2. The number of nitrogens with zero attached hydrogens (tertiary/aromatic N) is 3. The first kappa shape index (κ1) is 17.0. The summed E-state index contributed by atoms with van der Waals surface area (Å²) in [6, 6.07) is 7.85. The maximum atomic E-state index is 12.6. The third-order valence-electron chi connectivity index (χ3n) is 4.20. The zero-order valence-electron chi connectivity index (χ0n) is 14.3. The number of hydrogen-bond donors (Lipinski definition) is 0. The maximum absolute atomic E-state index is 12.6. The fourth-order valence-corrected chi connectivity index (χ4v) is 3.11. The molecule has 1 saturated carbocycles. The van der Waals surface area contributed by atoms with Crippen LogP contribution < -0.4 is 0 Å². The predicted octanol–water partition coefficient (Wildman–Crippen LogP) is 3.98. The Morgan fingerprint density at radius 2 is 2.21 bits per heavy atom. The molecule has 1 aromatic heterocycles. The Morgan fingerprint density at radius 3 is 2.88 bits per heavy atom.